The summed E-state index contributed by atoms with van der Waals surface area (Å²) in [7, 11) is 0. The van der Waals surface area contributed by atoms with Crippen molar-refractivity contribution < 1.29 is 5.11 Å². The molecule has 1 heterocycles. The standard InChI is InChI=1S/C14H18N2OS/c1-3-7-15-9-13-10(2)16-14(18-13)11-5-4-6-12(17)8-11/h4-6,8,15,17H,3,7,9H2,1-2H3. The number of phenols is 1. The predicted molar refractivity (Wildman–Crippen MR) is 75.9 cm³/mol. The summed E-state index contributed by atoms with van der Waals surface area (Å²) in [6.07, 6.45) is 1.14. The molecule has 1 aromatic heterocycles. The number of nitrogens with one attached hydrogen (secondary N) is 1. The van der Waals surface area contributed by atoms with Crippen molar-refractivity contribution in [3.05, 3.63) is 34.8 Å². The predicted octanol–water partition coefficient (Wildman–Crippen LogP) is 3.32. The van der Waals surface area contributed by atoms with Crippen molar-refractivity contribution in [2.75, 3.05) is 6.54 Å². The van der Waals surface area contributed by atoms with Crippen molar-refractivity contribution in [3.63, 3.8) is 0 Å². The van der Waals surface area contributed by atoms with Crippen molar-refractivity contribution in [1.82, 2.24) is 10.3 Å². The lowest BCUT2D eigenvalue weighted by Gasteiger charge is -1.99. The van der Waals surface area contributed by atoms with Crippen molar-refractivity contribution in [2.45, 2.75) is 26.8 Å². The molecule has 4 heteroatoms. The van der Waals surface area contributed by atoms with Gasteiger partial charge in [-0.05, 0) is 32.0 Å². The first kappa shape index (κ1) is 13.1. The third-order valence-corrected chi connectivity index (χ3v) is 3.90. The van der Waals surface area contributed by atoms with Crippen LogP contribution in [0.5, 0.6) is 5.75 Å². The molecule has 2 N–H and O–H groups in total. The van der Waals surface area contributed by atoms with Crippen molar-refractivity contribution in [3.8, 4) is 16.3 Å². The zero-order valence-corrected chi connectivity index (χ0v) is 11.5. The molecular formula is C14H18N2OS. The van der Waals surface area contributed by atoms with Crippen LogP contribution in [0.15, 0.2) is 24.3 Å². The SMILES string of the molecule is CCCNCc1sc(-c2cccc(O)c2)nc1C. The summed E-state index contributed by atoms with van der Waals surface area (Å²) in [6, 6.07) is 7.24. The van der Waals surface area contributed by atoms with Gasteiger partial charge in [0.1, 0.15) is 10.8 Å². The Morgan fingerprint density at radius 2 is 2.22 bits per heavy atom. The number of hydrogen-bond acceptors (Lipinski definition) is 4. The van der Waals surface area contributed by atoms with Gasteiger partial charge in [0.2, 0.25) is 0 Å². The minimum atomic E-state index is 0.283. The van der Waals surface area contributed by atoms with Gasteiger partial charge in [0.25, 0.3) is 0 Å². The highest BCUT2D eigenvalue weighted by molar-refractivity contribution is 7.15. The maximum Gasteiger partial charge on any atom is 0.124 e. The molecule has 0 amide bonds. The van der Waals surface area contributed by atoms with Crippen LogP contribution in [0.4, 0.5) is 0 Å². The summed E-state index contributed by atoms with van der Waals surface area (Å²) in [6.45, 7) is 6.09. The molecule has 0 atom stereocenters. The third kappa shape index (κ3) is 3.09. The van der Waals surface area contributed by atoms with Gasteiger partial charge in [-0.2, -0.15) is 0 Å². The first-order chi connectivity index (χ1) is 8.70. The number of benzene rings is 1. The van der Waals surface area contributed by atoms with Crippen molar-refractivity contribution in [1.29, 1.82) is 0 Å². The monoisotopic (exact) mass is 262 g/mol. The first-order valence-corrected chi connectivity index (χ1v) is 6.98. The van der Waals surface area contributed by atoms with Gasteiger partial charge in [-0.15, -0.1) is 11.3 Å². The lowest BCUT2D eigenvalue weighted by atomic mass is 10.2. The number of hydrogen-bond donors (Lipinski definition) is 2. The summed E-state index contributed by atoms with van der Waals surface area (Å²) in [4.78, 5) is 5.83. The van der Waals surface area contributed by atoms with E-state index in [0.29, 0.717) is 0 Å². The average Bonchev–Trinajstić information content (AvgIpc) is 2.72. The molecule has 0 saturated carbocycles. The Morgan fingerprint density at radius 3 is 2.94 bits per heavy atom. The molecule has 0 radical (unpaired) electrons. The van der Waals surface area contributed by atoms with Gasteiger partial charge < -0.3 is 10.4 Å². The highest BCUT2D eigenvalue weighted by atomic mass is 32.1. The van der Waals surface area contributed by atoms with Gasteiger partial charge in [0.05, 0.1) is 5.69 Å². The second-order valence-electron chi connectivity index (χ2n) is 4.25. The zero-order chi connectivity index (χ0) is 13.0. The summed E-state index contributed by atoms with van der Waals surface area (Å²) >= 11 is 1.69. The Morgan fingerprint density at radius 1 is 1.39 bits per heavy atom. The Bertz CT molecular complexity index is 522. The van der Waals surface area contributed by atoms with Crippen LogP contribution in [0.2, 0.25) is 0 Å². The van der Waals surface area contributed by atoms with Gasteiger partial charge in [-0.1, -0.05) is 19.1 Å². The van der Waals surface area contributed by atoms with E-state index in [1.165, 1.54) is 4.88 Å². The topological polar surface area (TPSA) is 45.1 Å². The van der Waals surface area contributed by atoms with E-state index in [1.54, 1.807) is 23.5 Å². The van der Waals surface area contributed by atoms with Gasteiger partial charge >= 0.3 is 0 Å². The summed E-state index contributed by atoms with van der Waals surface area (Å²) in [5.74, 6) is 0.283. The van der Waals surface area contributed by atoms with Crippen LogP contribution in [-0.2, 0) is 6.54 Å². The lowest BCUT2D eigenvalue weighted by molar-refractivity contribution is 0.475. The first-order valence-electron chi connectivity index (χ1n) is 6.17. The molecule has 0 unspecified atom stereocenters. The van der Waals surface area contributed by atoms with E-state index in [4.69, 9.17) is 0 Å². The number of aromatic hydroxyl groups is 1. The number of thiazole rings is 1. The largest absolute Gasteiger partial charge is 0.508 e. The average molecular weight is 262 g/mol. The third-order valence-electron chi connectivity index (χ3n) is 2.70. The molecule has 2 aromatic rings. The van der Waals surface area contributed by atoms with Crippen LogP contribution < -0.4 is 5.32 Å². The molecule has 3 nitrogen and oxygen atoms in total. The Labute approximate surface area is 112 Å². The number of aryl methyl sites for hydroxylation is 1. The van der Waals surface area contributed by atoms with E-state index in [1.807, 2.05) is 19.1 Å². The minimum Gasteiger partial charge on any atom is -0.508 e. The molecule has 96 valence electrons. The maximum atomic E-state index is 9.49. The quantitative estimate of drug-likeness (QED) is 0.812. The lowest BCUT2D eigenvalue weighted by Crippen LogP contribution is -2.13. The Hall–Kier alpha value is -1.39. The highest BCUT2D eigenvalue weighted by Crippen LogP contribution is 2.29. The van der Waals surface area contributed by atoms with Crippen LogP contribution in [0, 0.1) is 6.92 Å². The smallest absolute Gasteiger partial charge is 0.124 e. The normalized spacial score (nSPS) is 10.8. The molecule has 2 rings (SSSR count). The molecule has 18 heavy (non-hydrogen) atoms. The van der Waals surface area contributed by atoms with Crippen LogP contribution >= 0.6 is 11.3 Å². The summed E-state index contributed by atoms with van der Waals surface area (Å²) in [5.41, 5.74) is 2.05. The Kier molecular flexibility index (Phi) is 4.33. The second kappa shape index (κ2) is 5.98. The zero-order valence-electron chi connectivity index (χ0n) is 10.7. The number of aromatic nitrogens is 1. The van der Waals surface area contributed by atoms with Gasteiger partial charge in [-0.3, -0.25) is 0 Å². The number of rotatable bonds is 5. The highest BCUT2D eigenvalue weighted by Gasteiger charge is 2.09. The van der Waals surface area contributed by atoms with Gasteiger partial charge in [-0.25, -0.2) is 4.98 Å². The van der Waals surface area contributed by atoms with Crippen LogP contribution in [0.1, 0.15) is 23.9 Å². The summed E-state index contributed by atoms with van der Waals surface area (Å²) in [5, 5.41) is 13.8. The molecule has 0 fully saturated rings. The molecule has 0 aliphatic rings. The van der Waals surface area contributed by atoms with Crippen LogP contribution in [0.25, 0.3) is 10.6 Å². The molecule has 0 bridgehead atoms. The molecule has 0 aliphatic carbocycles. The van der Waals surface area contributed by atoms with E-state index in [9.17, 15) is 5.11 Å². The molecule has 0 aliphatic heterocycles. The van der Waals surface area contributed by atoms with E-state index in [0.717, 1.165) is 35.8 Å². The van der Waals surface area contributed by atoms with Crippen LogP contribution in [-0.4, -0.2) is 16.6 Å². The molecule has 0 saturated heterocycles. The van der Waals surface area contributed by atoms with Crippen LogP contribution in [0.3, 0.4) is 0 Å². The van der Waals surface area contributed by atoms with Gasteiger partial charge in [0.15, 0.2) is 0 Å². The second-order valence-corrected chi connectivity index (χ2v) is 5.34. The Balaban J connectivity index is 2.18. The van der Waals surface area contributed by atoms with E-state index >= 15 is 0 Å². The number of nitrogens with zero attached hydrogens (tertiary/aromatic N) is 1. The van der Waals surface area contributed by atoms with E-state index in [-0.39, 0.29) is 5.75 Å². The van der Waals surface area contributed by atoms with Gasteiger partial charge in [0, 0.05) is 17.0 Å². The van der Waals surface area contributed by atoms with Crippen molar-refractivity contribution >= 4 is 11.3 Å². The maximum absolute atomic E-state index is 9.49. The van der Waals surface area contributed by atoms with Crippen molar-refractivity contribution in [2.24, 2.45) is 0 Å². The van der Waals surface area contributed by atoms with E-state index < -0.39 is 0 Å². The fourth-order valence-corrected chi connectivity index (χ4v) is 2.76. The van der Waals surface area contributed by atoms with E-state index in [2.05, 4.69) is 17.2 Å². The molecular weight excluding hydrogens is 244 g/mol. The fourth-order valence-electron chi connectivity index (χ4n) is 1.73. The minimum absolute atomic E-state index is 0.283. The fraction of sp³-hybridized carbons (Fsp3) is 0.357. The molecule has 0 spiro atoms. The molecule has 1 aromatic carbocycles. The summed E-state index contributed by atoms with van der Waals surface area (Å²) < 4.78 is 0. The number of phenolic OH excluding ortho intramolecular Hbond substituents is 1.